The van der Waals surface area contributed by atoms with Crippen LogP contribution in [0, 0.1) is 0 Å². The molecular weight excluding hydrogens is 140 g/mol. The largest absolute Gasteiger partial charge is 0.550 e. The second-order valence-corrected chi connectivity index (χ2v) is 1.34. The van der Waals surface area contributed by atoms with Crippen LogP contribution in [0.1, 0.15) is 6.92 Å². The average Bonchev–Trinajstić information content (AvgIpc) is 1.85. The van der Waals surface area contributed by atoms with Gasteiger partial charge in [-0.25, -0.2) is 4.79 Å². The average molecular weight is 147 g/mol. The molecule has 0 aromatic carbocycles. The summed E-state index contributed by atoms with van der Waals surface area (Å²) in [4.78, 5) is 19.9. The molecule has 0 aliphatic rings. The van der Waals surface area contributed by atoms with Crippen molar-refractivity contribution in [2.24, 2.45) is 0 Å². The molecule has 0 aliphatic heterocycles. The van der Waals surface area contributed by atoms with E-state index in [0.717, 1.165) is 0 Å². The molecule has 5 heteroatoms. The predicted molar refractivity (Wildman–Crippen MR) is 28.7 cm³/mol. The molecule has 0 amide bonds. The number of carbonyl (C=O) groups is 2. The van der Waals surface area contributed by atoms with Crippen molar-refractivity contribution >= 4 is 12.1 Å². The van der Waals surface area contributed by atoms with Gasteiger partial charge in [0.15, 0.2) is 6.61 Å². The number of hydrogen-bond acceptors (Lipinski definition) is 4. The molecule has 0 aromatic rings. The predicted octanol–water partition coefficient (Wildman–Crippen LogP) is 0.117. The van der Waals surface area contributed by atoms with Gasteiger partial charge in [-0.15, -0.1) is 0 Å². The topological polar surface area (TPSA) is 72.5 Å². The zero-order valence-corrected chi connectivity index (χ0v) is 5.46. The van der Waals surface area contributed by atoms with Gasteiger partial charge >= 0.3 is 12.1 Å². The molecule has 0 aliphatic carbocycles. The Morgan fingerprint density at radius 1 is 1.30 bits per heavy atom. The lowest BCUT2D eigenvalue weighted by atomic mass is 10.7. The van der Waals surface area contributed by atoms with Crippen LogP contribution >= 0.6 is 0 Å². The lowest BCUT2D eigenvalue weighted by molar-refractivity contribution is -0.147. The normalized spacial score (nSPS) is 8.50. The first-order chi connectivity index (χ1) is 4.66. The van der Waals surface area contributed by atoms with Gasteiger partial charge in [0.2, 0.25) is 0 Å². The zero-order chi connectivity index (χ0) is 7.98. The van der Waals surface area contributed by atoms with Gasteiger partial charge in [0, 0.05) is 0 Å². The third kappa shape index (κ3) is 4.89. The molecule has 0 fully saturated rings. The standard InChI is InChI=1S/C5H7O5/c1-2-9-4(6)3-10-5(7)8/h2-3H2,1H3. The minimum absolute atomic E-state index is 0.204. The first-order valence-corrected chi connectivity index (χ1v) is 2.66. The lowest BCUT2D eigenvalue weighted by Crippen LogP contribution is -2.14. The van der Waals surface area contributed by atoms with Crippen LogP contribution in [0.3, 0.4) is 0 Å². The summed E-state index contributed by atoms with van der Waals surface area (Å²) in [5, 5.41) is 9.57. The third-order valence-corrected chi connectivity index (χ3v) is 0.613. The lowest BCUT2D eigenvalue weighted by Gasteiger charge is -1.98. The van der Waals surface area contributed by atoms with E-state index < -0.39 is 18.7 Å². The van der Waals surface area contributed by atoms with Crippen LogP contribution in [0.2, 0.25) is 0 Å². The van der Waals surface area contributed by atoms with E-state index in [2.05, 4.69) is 9.47 Å². The summed E-state index contributed by atoms with van der Waals surface area (Å²) < 4.78 is 8.12. The molecule has 57 valence electrons. The zero-order valence-electron chi connectivity index (χ0n) is 5.46. The van der Waals surface area contributed by atoms with Crippen LogP contribution in [-0.2, 0) is 19.4 Å². The van der Waals surface area contributed by atoms with E-state index >= 15 is 0 Å². The molecule has 5 nitrogen and oxygen atoms in total. The van der Waals surface area contributed by atoms with Crippen LogP contribution in [0.5, 0.6) is 0 Å². The minimum Gasteiger partial charge on any atom is -0.463 e. The Kier molecular flexibility index (Phi) is 4.02. The number of rotatable bonds is 3. The van der Waals surface area contributed by atoms with Crippen LogP contribution < -0.4 is 0 Å². The Hall–Kier alpha value is -1.26. The number of carbonyl (C=O) groups excluding carboxylic acids is 2. The quantitative estimate of drug-likeness (QED) is 0.531. The van der Waals surface area contributed by atoms with Gasteiger partial charge in [0.25, 0.3) is 0 Å². The van der Waals surface area contributed by atoms with Gasteiger partial charge < -0.3 is 9.47 Å². The van der Waals surface area contributed by atoms with Crippen molar-refractivity contribution < 1.29 is 24.2 Å². The van der Waals surface area contributed by atoms with Gasteiger partial charge in [0.05, 0.1) is 6.61 Å². The van der Waals surface area contributed by atoms with Gasteiger partial charge in [-0.3, -0.25) is 0 Å². The SMILES string of the molecule is CCOC(=O)COC([O])=O. The van der Waals surface area contributed by atoms with E-state index in [0.29, 0.717) is 0 Å². The van der Waals surface area contributed by atoms with Gasteiger partial charge in [-0.1, -0.05) is 0 Å². The fourth-order valence-corrected chi connectivity index (χ4v) is 0.321. The summed E-state index contributed by atoms with van der Waals surface area (Å²) in [5.41, 5.74) is 0. The summed E-state index contributed by atoms with van der Waals surface area (Å²) in [5.74, 6) is -0.716. The van der Waals surface area contributed by atoms with Gasteiger partial charge in [-0.05, 0) is 6.92 Å². The smallest absolute Gasteiger partial charge is 0.463 e. The summed E-state index contributed by atoms with van der Waals surface area (Å²) in [6, 6.07) is 0. The highest BCUT2D eigenvalue weighted by atomic mass is 16.7. The van der Waals surface area contributed by atoms with Crippen molar-refractivity contribution in [2.45, 2.75) is 6.92 Å². The van der Waals surface area contributed by atoms with Crippen molar-refractivity contribution in [3.8, 4) is 0 Å². The first kappa shape index (κ1) is 8.74. The van der Waals surface area contributed by atoms with Crippen LogP contribution in [0.15, 0.2) is 0 Å². The Bertz CT molecular complexity index is 130. The van der Waals surface area contributed by atoms with E-state index in [1.54, 1.807) is 6.92 Å². The Morgan fingerprint density at radius 2 is 1.90 bits per heavy atom. The maximum atomic E-state index is 10.3. The highest BCUT2D eigenvalue weighted by Crippen LogP contribution is 1.81. The number of hydrogen-bond donors (Lipinski definition) is 0. The molecule has 0 bridgehead atoms. The van der Waals surface area contributed by atoms with Crippen molar-refractivity contribution in [2.75, 3.05) is 13.2 Å². The molecule has 0 saturated heterocycles. The Morgan fingerprint density at radius 3 is 2.30 bits per heavy atom. The first-order valence-electron chi connectivity index (χ1n) is 2.66. The van der Waals surface area contributed by atoms with Crippen molar-refractivity contribution in [1.82, 2.24) is 0 Å². The van der Waals surface area contributed by atoms with E-state index in [1.165, 1.54) is 0 Å². The molecule has 0 heterocycles. The maximum absolute atomic E-state index is 10.3. The van der Waals surface area contributed by atoms with Crippen molar-refractivity contribution in [1.29, 1.82) is 0 Å². The van der Waals surface area contributed by atoms with E-state index in [1.807, 2.05) is 0 Å². The van der Waals surface area contributed by atoms with Crippen LogP contribution in [0.4, 0.5) is 4.79 Å². The molecule has 0 spiro atoms. The van der Waals surface area contributed by atoms with E-state index in [9.17, 15) is 14.7 Å². The molecule has 0 N–H and O–H groups in total. The molecule has 0 saturated carbocycles. The fraction of sp³-hybridized carbons (Fsp3) is 0.600. The molecule has 0 atom stereocenters. The summed E-state index contributed by atoms with van der Waals surface area (Å²) in [6.07, 6.45) is -1.73. The summed E-state index contributed by atoms with van der Waals surface area (Å²) in [7, 11) is 0. The number of esters is 1. The minimum atomic E-state index is -1.73. The fourth-order valence-electron chi connectivity index (χ4n) is 0.321. The maximum Gasteiger partial charge on any atom is 0.550 e. The Labute approximate surface area is 57.5 Å². The van der Waals surface area contributed by atoms with Gasteiger partial charge in [0.1, 0.15) is 0 Å². The van der Waals surface area contributed by atoms with Gasteiger partial charge in [-0.2, -0.15) is 9.90 Å². The van der Waals surface area contributed by atoms with Crippen molar-refractivity contribution in [3.05, 3.63) is 0 Å². The second kappa shape index (κ2) is 4.60. The Balaban J connectivity index is 3.30. The number of ether oxygens (including phenoxy) is 2. The van der Waals surface area contributed by atoms with Crippen molar-refractivity contribution in [3.63, 3.8) is 0 Å². The molecule has 0 unspecified atom stereocenters. The monoisotopic (exact) mass is 147 g/mol. The van der Waals surface area contributed by atoms with Crippen LogP contribution in [-0.4, -0.2) is 25.3 Å². The third-order valence-electron chi connectivity index (χ3n) is 0.613. The molecule has 1 radical (unpaired) electrons. The summed E-state index contributed by atoms with van der Waals surface area (Å²) >= 11 is 0. The molecular formula is C5H7O5. The van der Waals surface area contributed by atoms with E-state index in [-0.39, 0.29) is 6.61 Å². The molecule has 0 rings (SSSR count). The van der Waals surface area contributed by atoms with Crippen LogP contribution in [0.25, 0.3) is 0 Å². The van der Waals surface area contributed by atoms with E-state index in [4.69, 9.17) is 0 Å². The summed E-state index contributed by atoms with van der Waals surface area (Å²) in [6.45, 7) is 1.21. The second-order valence-electron chi connectivity index (χ2n) is 1.34. The molecule has 0 aromatic heterocycles. The highest BCUT2D eigenvalue weighted by molar-refractivity contribution is 5.73. The highest BCUT2D eigenvalue weighted by Gasteiger charge is 2.05. The molecule has 10 heavy (non-hydrogen) atoms.